The molecule has 0 bridgehead atoms. The molecule has 0 fully saturated rings. The van der Waals surface area contributed by atoms with Crippen LogP contribution in [0.5, 0.6) is 0 Å². The zero-order valence-corrected chi connectivity index (χ0v) is 25.9. The monoisotopic (exact) mass is 617 g/mol. The van der Waals surface area contributed by atoms with Crippen LogP contribution >= 0.6 is 11.6 Å². The molecule has 224 valence electrons. The molecular weight excluding hydrogens is 582 g/mol. The van der Waals surface area contributed by atoms with E-state index in [1.54, 1.807) is 60.7 Å². The number of nitrogens with one attached hydrogen (secondary N) is 1. The molecule has 0 heterocycles. The van der Waals surface area contributed by atoms with Crippen molar-refractivity contribution < 1.29 is 18.0 Å². The lowest BCUT2D eigenvalue weighted by Gasteiger charge is -2.34. The Morgan fingerprint density at radius 3 is 2.12 bits per heavy atom. The van der Waals surface area contributed by atoms with Crippen LogP contribution in [-0.2, 0) is 32.6 Å². The van der Waals surface area contributed by atoms with Crippen LogP contribution in [0.4, 0.5) is 5.69 Å². The number of benzene rings is 4. The van der Waals surface area contributed by atoms with Gasteiger partial charge >= 0.3 is 0 Å². The molecule has 0 aliphatic carbocycles. The minimum absolute atomic E-state index is 0.0649. The van der Waals surface area contributed by atoms with Gasteiger partial charge in [0.1, 0.15) is 12.6 Å². The molecule has 0 saturated heterocycles. The highest BCUT2D eigenvalue weighted by Gasteiger charge is 2.34. The molecule has 7 nitrogen and oxygen atoms in total. The summed E-state index contributed by atoms with van der Waals surface area (Å²) in [5, 5.41) is 3.49. The van der Waals surface area contributed by atoms with Crippen molar-refractivity contribution in [3.05, 3.63) is 131 Å². The van der Waals surface area contributed by atoms with Crippen LogP contribution in [0.15, 0.2) is 114 Å². The Labute approximate surface area is 259 Å². The van der Waals surface area contributed by atoms with Crippen molar-refractivity contribution in [3.8, 4) is 0 Å². The molecular formula is C34H36ClN3O4S. The van der Waals surface area contributed by atoms with Gasteiger partial charge in [0.15, 0.2) is 0 Å². The summed E-state index contributed by atoms with van der Waals surface area (Å²) < 4.78 is 29.1. The van der Waals surface area contributed by atoms with Crippen LogP contribution in [-0.4, -0.2) is 44.3 Å². The number of anilines is 1. The SMILES string of the molecule is CCCNC(=O)[C@H](Cc1ccccc1)N(Cc1ccc(Cl)cc1)C(=O)CN(c1cccc(C)c1)S(=O)(=O)c1ccccc1. The van der Waals surface area contributed by atoms with Crippen molar-refractivity contribution in [1.82, 2.24) is 10.2 Å². The molecule has 1 N–H and O–H groups in total. The number of nitrogens with zero attached hydrogens (tertiary/aromatic N) is 2. The summed E-state index contributed by atoms with van der Waals surface area (Å²) in [5.74, 6) is -0.815. The van der Waals surface area contributed by atoms with Crippen molar-refractivity contribution >= 4 is 39.1 Å². The van der Waals surface area contributed by atoms with E-state index in [-0.39, 0.29) is 23.8 Å². The normalized spacial score (nSPS) is 11.9. The summed E-state index contributed by atoms with van der Waals surface area (Å²) in [6, 6.07) is 30.7. The fourth-order valence-corrected chi connectivity index (χ4v) is 6.29. The van der Waals surface area contributed by atoms with Gasteiger partial charge in [0, 0.05) is 24.5 Å². The third-order valence-electron chi connectivity index (χ3n) is 6.99. The summed E-state index contributed by atoms with van der Waals surface area (Å²) in [4.78, 5) is 29.6. The molecule has 4 aromatic carbocycles. The number of hydrogen-bond acceptors (Lipinski definition) is 4. The van der Waals surface area contributed by atoms with Crippen molar-refractivity contribution in [2.75, 3.05) is 17.4 Å². The van der Waals surface area contributed by atoms with Gasteiger partial charge in [-0.05, 0) is 66.4 Å². The largest absolute Gasteiger partial charge is 0.354 e. The summed E-state index contributed by atoms with van der Waals surface area (Å²) >= 11 is 6.13. The lowest BCUT2D eigenvalue weighted by Crippen LogP contribution is -2.53. The molecule has 0 aromatic heterocycles. The lowest BCUT2D eigenvalue weighted by atomic mass is 10.0. The van der Waals surface area contributed by atoms with E-state index >= 15 is 0 Å². The molecule has 0 saturated carbocycles. The number of carbonyl (C=O) groups is 2. The van der Waals surface area contributed by atoms with Gasteiger partial charge in [-0.2, -0.15) is 0 Å². The molecule has 4 rings (SSSR count). The lowest BCUT2D eigenvalue weighted by molar-refractivity contribution is -0.140. The second-order valence-corrected chi connectivity index (χ2v) is 12.6. The van der Waals surface area contributed by atoms with Crippen molar-refractivity contribution in [2.45, 2.75) is 44.2 Å². The topological polar surface area (TPSA) is 86.8 Å². The Balaban J connectivity index is 1.78. The van der Waals surface area contributed by atoms with Crippen LogP contribution in [0, 0.1) is 6.92 Å². The number of hydrogen-bond donors (Lipinski definition) is 1. The fraction of sp³-hybridized carbons (Fsp3) is 0.235. The van der Waals surface area contributed by atoms with E-state index < -0.39 is 28.5 Å². The fourth-order valence-electron chi connectivity index (χ4n) is 4.74. The van der Waals surface area contributed by atoms with E-state index in [2.05, 4.69) is 5.32 Å². The zero-order valence-electron chi connectivity index (χ0n) is 24.3. The summed E-state index contributed by atoms with van der Waals surface area (Å²) in [6.07, 6.45) is 0.983. The minimum atomic E-state index is -4.13. The summed E-state index contributed by atoms with van der Waals surface area (Å²) in [7, 11) is -4.13. The molecule has 0 radical (unpaired) electrons. The first-order valence-electron chi connectivity index (χ1n) is 14.2. The van der Waals surface area contributed by atoms with Gasteiger partial charge in [-0.1, -0.05) is 91.3 Å². The predicted molar refractivity (Wildman–Crippen MR) is 171 cm³/mol. The first-order chi connectivity index (χ1) is 20.7. The van der Waals surface area contributed by atoms with Gasteiger partial charge in [0.25, 0.3) is 10.0 Å². The maximum atomic E-state index is 14.4. The smallest absolute Gasteiger partial charge is 0.264 e. The van der Waals surface area contributed by atoms with Gasteiger partial charge in [0.05, 0.1) is 10.6 Å². The average molecular weight is 618 g/mol. The molecule has 0 spiro atoms. The number of rotatable bonds is 13. The summed E-state index contributed by atoms with van der Waals surface area (Å²) in [6.45, 7) is 3.85. The van der Waals surface area contributed by atoms with E-state index in [1.807, 2.05) is 50.2 Å². The van der Waals surface area contributed by atoms with Crippen LogP contribution < -0.4 is 9.62 Å². The minimum Gasteiger partial charge on any atom is -0.354 e. The number of carbonyl (C=O) groups excluding carboxylic acids is 2. The molecule has 0 aliphatic rings. The molecule has 43 heavy (non-hydrogen) atoms. The van der Waals surface area contributed by atoms with Crippen LogP contribution in [0.1, 0.15) is 30.0 Å². The highest BCUT2D eigenvalue weighted by molar-refractivity contribution is 7.92. The summed E-state index contributed by atoms with van der Waals surface area (Å²) in [5.41, 5.74) is 2.84. The molecule has 1 atom stereocenters. The van der Waals surface area contributed by atoms with Crippen molar-refractivity contribution in [2.24, 2.45) is 0 Å². The second-order valence-electron chi connectivity index (χ2n) is 10.3. The maximum Gasteiger partial charge on any atom is 0.264 e. The third kappa shape index (κ3) is 8.46. The molecule has 9 heteroatoms. The van der Waals surface area contributed by atoms with E-state index in [9.17, 15) is 18.0 Å². The third-order valence-corrected chi connectivity index (χ3v) is 9.03. The van der Waals surface area contributed by atoms with E-state index in [0.717, 1.165) is 27.4 Å². The van der Waals surface area contributed by atoms with Crippen molar-refractivity contribution in [3.63, 3.8) is 0 Å². The van der Waals surface area contributed by atoms with Gasteiger partial charge < -0.3 is 10.2 Å². The number of amides is 2. The van der Waals surface area contributed by atoms with E-state index in [0.29, 0.717) is 17.3 Å². The van der Waals surface area contributed by atoms with E-state index in [4.69, 9.17) is 11.6 Å². The Hall–Kier alpha value is -4.14. The molecule has 0 unspecified atom stereocenters. The van der Waals surface area contributed by atoms with Gasteiger partial charge in [-0.15, -0.1) is 0 Å². The van der Waals surface area contributed by atoms with Crippen molar-refractivity contribution in [1.29, 1.82) is 0 Å². The van der Waals surface area contributed by atoms with Gasteiger partial charge in [-0.25, -0.2) is 8.42 Å². The van der Waals surface area contributed by atoms with Gasteiger partial charge in [-0.3, -0.25) is 13.9 Å². The van der Waals surface area contributed by atoms with Gasteiger partial charge in [0.2, 0.25) is 11.8 Å². The Kier molecular flexibility index (Phi) is 11.0. The first kappa shape index (κ1) is 31.8. The van der Waals surface area contributed by atoms with Crippen LogP contribution in [0.2, 0.25) is 5.02 Å². The maximum absolute atomic E-state index is 14.4. The molecule has 0 aliphatic heterocycles. The predicted octanol–water partition coefficient (Wildman–Crippen LogP) is 6.01. The quantitative estimate of drug-likeness (QED) is 0.199. The Morgan fingerprint density at radius 1 is 0.837 bits per heavy atom. The van der Waals surface area contributed by atoms with Crippen LogP contribution in [0.25, 0.3) is 0 Å². The Morgan fingerprint density at radius 2 is 1.49 bits per heavy atom. The standard InChI is InChI=1S/C34H36ClN3O4S/c1-3-21-36-34(40)32(23-27-12-6-4-7-13-27)37(24-28-17-19-29(35)20-18-28)33(39)25-38(30-14-10-11-26(2)22-30)43(41,42)31-15-8-5-9-16-31/h4-20,22,32H,3,21,23-25H2,1-2H3,(H,36,40)/t32-/m0/s1. The average Bonchev–Trinajstić information content (AvgIpc) is 3.02. The molecule has 2 amide bonds. The molecule has 4 aromatic rings. The number of aryl methyl sites for hydroxylation is 1. The number of sulfonamides is 1. The Bertz CT molecular complexity index is 1610. The van der Waals surface area contributed by atoms with E-state index in [1.165, 1.54) is 17.0 Å². The number of halogens is 1. The first-order valence-corrected chi connectivity index (χ1v) is 16.0. The highest BCUT2D eigenvalue weighted by atomic mass is 35.5. The second kappa shape index (κ2) is 14.8. The van der Waals surface area contributed by atoms with Crippen LogP contribution in [0.3, 0.4) is 0 Å². The zero-order chi connectivity index (χ0) is 30.8. The highest BCUT2D eigenvalue weighted by Crippen LogP contribution is 2.26.